The highest BCUT2D eigenvalue weighted by atomic mass is 35.5. The molecule has 0 spiro atoms. The summed E-state index contributed by atoms with van der Waals surface area (Å²) in [6.07, 6.45) is 1.05. The maximum atomic E-state index is 13.1. The second-order valence-electron chi connectivity index (χ2n) is 5.86. The number of nitrogens with zero attached hydrogens (tertiary/aromatic N) is 1. The summed E-state index contributed by atoms with van der Waals surface area (Å²) in [5, 5.41) is 13.2. The molecule has 0 bridgehead atoms. The predicted octanol–water partition coefficient (Wildman–Crippen LogP) is 4.21. The van der Waals surface area contributed by atoms with Crippen molar-refractivity contribution in [1.82, 2.24) is 4.90 Å². The first-order chi connectivity index (χ1) is 11.5. The van der Waals surface area contributed by atoms with Crippen LogP contribution in [0.15, 0.2) is 48.5 Å². The summed E-state index contributed by atoms with van der Waals surface area (Å²) in [7, 11) is 0. The number of aliphatic hydroxyl groups excluding tert-OH is 1. The Morgan fingerprint density at radius 3 is 2.62 bits per heavy atom. The lowest BCUT2D eigenvalue weighted by atomic mass is 10.1. The van der Waals surface area contributed by atoms with E-state index < -0.39 is 11.9 Å². The van der Waals surface area contributed by atoms with Crippen molar-refractivity contribution in [3.63, 3.8) is 0 Å². The van der Waals surface area contributed by atoms with E-state index in [9.17, 15) is 14.3 Å². The molecule has 0 radical (unpaired) electrons. The summed E-state index contributed by atoms with van der Waals surface area (Å²) in [6, 6.07) is 12.8. The Labute approximate surface area is 144 Å². The largest absolute Gasteiger partial charge is 0.387 e. The Balaban J connectivity index is 1.70. The van der Waals surface area contributed by atoms with E-state index in [1.165, 1.54) is 12.1 Å². The maximum Gasteiger partial charge on any atom is 0.322 e. The van der Waals surface area contributed by atoms with Crippen molar-refractivity contribution in [2.75, 3.05) is 11.9 Å². The van der Waals surface area contributed by atoms with E-state index in [2.05, 4.69) is 5.32 Å². The van der Waals surface area contributed by atoms with Crippen LogP contribution in [0.2, 0.25) is 5.02 Å². The number of urea groups is 1. The lowest BCUT2D eigenvalue weighted by Crippen LogP contribution is -2.39. The number of anilines is 1. The van der Waals surface area contributed by atoms with Gasteiger partial charge in [-0.3, -0.25) is 0 Å². The van der Waals surface area contributed by atoms with Crippen molar-refractivity contribution < 1.29 is 14.3 Å². The van der Waals surface area contributed by atoms with Gasteiger partial charge < -0.3 is 15.3 Å². The molecule has 126 valence electrons. The van der Waals surface area contributed by atoms with E-state index in [0.717, 1.165) is 24.5 Å². The first-order valence-electron chi connectivity index (χ1n) is 7.80. The Bertz CT molecular complexity index is 722. The summed E-state index contributed by atoms with van der Waals surface area (Å²) in [6.45, 7) is 0.194. The zero-order valence-corrected chi connectivity index (χ0v) is 13.7. The zero-order chi connectivity index (χ0) is 17.1. The van der Waals surface area contributed by atoms with Crippen LogP contribution in [0.1, 0.15) is 24.5 Å². The standard InChI is InChI=1S/C18H18ClFN2O2/c19-15-10-13(20)6-9-16(15)21-18(24)22(14-7-8-14)11-17(23)12-4-2-1-3-5-12/h1-6,9-10,14,17,23H,7-8,11H2,(H,21,24)/t17-/m1/s1. The van der Waals surface area contributed by atoms with Crippen LogP contribution in [-0.2, 0) is 0 Å². The molecule has 4 nitrogen and oxygen atoms in total. The molecule has 0 unspecified atom stereocenters. The van der Waals surface area contributed by atoms with Crippen molar-refractivity contribution in [3.05, 3.63) is 64.9 Å². The molecule has 1 aliphatic carbocycles. The monoisotopic (exact) mass is 348 g/mol. The Morgan fingerprint density at radius 1 is 1.29 bits per heavy atom. The molecule has 1 aliphatic rings. The number of hydrogen-bond acceptors (Lipinski definition) is 2. The van der Waals surface area contributed by atoms with Crippen LogP contribution in [0.25, 0.3) is 0 Å². The number of nitrogens with one attached hydrogen (secondary N) is 1. The SMILES string of the molecule is O=C(Nc1ccc(F)cc1Cl)N(C[C@@H](O)c1ccccc1)C1CC1. The predicted molar refractivity (Wildman–Crippen MR) is 91.6 cm³/mol. The number of halogens is 2. The van der Waals surface area contributed by atoms with Gasteiger partial charge in [0.1, 0.15) is 5.82 Å². The molecule has 0 aromatic heterocycles. The van der Waals surface area contributed by atoms with Crippen LogP contribution in [-0.4, -0.2) is 28.6 Å². The van der Waals surface area contributed by atoms with Crippen molar-refractivity contribution in [2.45, 2.75) is 25.0 Å². The fraction of sp³-hybridized carbons (Fsp3) is 0.278. The Hall–Kier alpha value is -2.11. The molecule has 24 heavy (non-hydrogen) atoms. The molecule has 0 aliphatic heterocycles. The maximum absolute atomic E-state index is 13.1. The van der Waals surface area contributed by atoms with Crippen LogP contribution in [0, 0.1) is 5.82 Å². The molecule has 1 atom stereocenters. The van der Waals surface area contributed by atoms with Gasteiger partial charge in [0, 0.05) is 6.04 Å². The van der Waals surface area contributed by atoms with E-state index in [1.807, 2.05) is 30.3 Å². The third-order valence-corrected chi connectivity index (χ3v) is 4.29. The molecular formula is C18H18ClFN2O2. The van der Waals surface area contributed by atoms with E-state index in [1.54, 1.807) is 4.90 Å². The van der Waals surface area contributed by atoms with Crippen molar-refractivity contribution in [2.24, 2.45) is 0 Å². The molecule has 3 rings (SSSR count). The van der Waals surface area contributed by atoms with Gasteiger partial charge in [-0.15, -0.1) is 0 Å². The number of aliphatic hydroxyl groups is 1. The number of amides is 2. The van der Waals surface area contributed by atoms with Crippen LogP contribution in [0.4, 0.5) is 14.9 Å². The quantitative estimate of drug-likeness (QED) is 0.850. The number of carbonyl (C=O) groups excluding carboxylic acids is 1. The van der Waals surface area contributed by atoms with Gasteiger partial charge in [0.05, 0.1) is 23.4 Å². The van der Waals surface area contributed by atoms with Gasteiger partial charge in [-0.25, -0.2) is 9.18 Å². The van der Waals surface area contributed by atoms with Gasteiger partial charge in [0.2, 0.25) is 0 Å². The normalized spacial score (nSPS) is 15.0. The Morgan fingerprint density at radius 2 is 2.00 bits per heavy atom. The minimum atomic E-state index is -0.763. The number of benzene rings is 2. The lowest BCUT2D eigenvalue weighted by Gasteiger charge is -2.26. The minimum absolute atomic E-state index is 0.114. The van der Waals surface area contributed by atoms with Gasteiger partial charge in [-0.05, 0) is 36.6 Å². The molecule has 2 aromatic rings. The fourth-order valence-corrected chi connectivity index (χ4v) is 2.74. The van der Waals surface area contributed by atoms with Crippen LogP contribution in [0.3, 0.4) is 0 Å². The smallest absolute Gasteiger partial charge is 0.322 e. The topological polar surface area (TPSA) is 52.6 Å². The minimum Gasteiger partial charge on any atom is -0.387 e. The van der Waals surface area contributed by atoms with Crippen molar-refractivity contribution in [1.29, 1.82) is 0 Å². The molecule has 0 saturated heterocycles. The zero-order valence-electron chi connectivity index (χ0n) is 13.0. The second kappa shape index (κ2) is 7.20. The van der Waals surface area contributed by atoms with Gasteiger partial charge >= 0.3 is 6.03 Å². The molecular weight excluding hydrogens is 331 g/mol. The highest BCUT2D eigenvalue weighted by Gasteiger charge is 2.34. The molecule has 2 amide bonds. The van der Waals surface area contributed by atoms with Gasteiger partial charge in [-0.1, -0.05) is 41.9 Å². The molecule has 1 saturated carbocycles. The van der Waals surface area contributed by atoms with Crippen molar-refractivity contribution in [3.8, 4) is 0 Å². The van der Waals surface area contributed by atoms with Crippen LogP contribution >= 0.6 is 11.6 Å². The Kier molecular flexibility index (Phi) is 5.02. The van der Waals surface area contributed by atoms with Crippen molar-refractivity contribution >= 4 is 23.3 Å². The van der Waals surface area contributed by atoms with E-state index in [4.69, 9.17) is 11.6 Å². The van der Waals surface area contributed by atoms with Crippen LogP contribution in [0.5, 0.6) is 0 Å². The molecule has 1 fully saturated rings. The van der Waals surface area contributed by atoms with Gasteiger partial charge in [0.25, 0.3) is 0 Å². The van der Waals surface area contributed by atoms with Crippen LogP contribution < -0.4 is 5.32 Å². The first kappa shape index (κ1) is 16.7. The third kappa shape index (κ3) is 4.04. The summed E-state index contributed by atoms with van der Waals surface area (Å²) in [5.41, 5.74) is 1.11. The van der Waals surface area contributed by atoms with E-state index in [0.29, 0.717) is 5.69 Å². The molecule has 2 aromatic carbocycles. The third-order valence-electron chi connectivity index (χ3n) is 3.98. The summed E-state index contributed by atoms with van der Waals surface area (Å²) < 4.78 is 13.1. The average molecular weight is 349 g/mol. The van der Waals surface area contributed by atoms with E-state index >= 15 is 0 Å². The number of rotatable bonds is 5. The van der Waals surface area contributed by atoms with Gasteiger partial charge in [0.15, 0.2) is 0 Å². The lowest BCUT2D eigenvalue weighted by molar-refractivity contribution is 0.123. The summed E-state index contributed by atoms with van der Waals surface area (Å²) in [5.74, 6) is -0.462. The highest BCUT2D eigenvalue weighted by molar-refractivity contribution is 6.33. The van der Waals surface area contributed by atoms with E-state index in [-0.39, 0.29) is 23.6 Å². The highest BCUT2D eigenvalue weighted by Crippen LogP contribution is 2.30. The average Bonchev–Trinajstić information content (AvgIpc) is 3.40. The first-order valence-corrected chi connectivity index (χ1v) is 8.18. The molecule has 2 N–H and O–H groups in total. The number of carbonyl (C=O) groups is 1. The molecule has 0 heterocycles. The second-order valence-corrected chi connectivity index (χ2v) is 6.27. The summed E-state index contributed by atoms with van der Waals surface area (Å²) in [4.78, 5) is 14.2. The fourth-order valence-electron chi connectivity index (χ4n) is 2.53. The number of hydrogen-bond donors (Lipinski definition) is 2. The molecule has 6 heteroatoms. The summed E-state index contributed by atoms with van der Waals surface area (Å²) >= 11 is 5.95. The van der Waals surface area contributed by atoms with Gasteiger partial charge in [-0.2, -0.15) is 0 Å².